The molecule has 0 bridgehead atoms. The molecular weight excluding hydrogens is 460 g/mol. The van der Waals surface area contributed by atoms with E-state index in [9.17, 15) is 14.4 Å². The molecule has 0 saturated carbocycles. The van der Waals surface area contributed by atoms with Crippen molar-refractivity contribution in [3.8, 4) is 0 Å². The van der Waals surface area contributed by atoms with Crippen LogP contribution in [0.4, 0.5) is 5.69 Å². The summed E-state index contributed by atoms with van der Waals surface area (Å²) >= 11 is 0. The van der Waals surface area contributed by atoms with Gasteiger partial charge in [0.15, 0.2) is 0 Å². The molecule has 9 heteroatoms. The van der Waals surface area contributed by atoms with Gasteiger partial charge in [0, 0.05) is 84.1 Å². The molecule has 0 N–H and O–H groups in total. The number of hydrogen-bond donors (Lipinski definition) is 0. The van der Waals surface area contributed by atoms with Gasteiger partial charge in [-0.3, -0.25) is 19.3 Å². The zero-order chi connectivity index (χ0) is 25.5. The summed E-state index contributed by atoms with van der Waals surface area (Å²) in [6.45, 7) is 4.52. The molecule has 1 aromatic carbocycles. The van der Waals surface area contributed by atoms with Crippen molar-refractivity contribution in [1.29, 1.82) is 0 Å². The maximum atomic E-state index is 13.7. The third-order valence-electron chi connectivity index (χ3n) is 7.02. The molecular formula is C27H36N4O5. The van der Waals surface area contributed by atoms with Gasteiger partial charge in [0.25, 0.3) is 11.8 Å². The number of amides is 2. The number of ether oxygens (including phenoxy) is 2. The van der Waals surface area contributed by atoms with Crippen LogP contribution in [0.3, 0.4) is 0 Å². The molecule has 9 nitrogen and oxygen atoms in total. The van der Waals surface area contributed by atoms with Crippen molar-refractivity contribution in [2.24, 2.45) is 7.05 Å². The first-order valence-electron chi connectivity index (χ1n) is 12.6. The molecule has 0 aliphatic carbocycles. The number of fused-ring (bicyclic) bond motifs is 1. The van der Waals surface area contributed by atoms with Crippen molar-refractivity contribution in [2.45, 2.75) is 31.8 Å². The van der Waals surface area contributed by atoms with Crippen LogP contribution in [0.2, 0.25) is 0 Å². The first-order chi connectivity index (χ1) is 17.5. The second-order valence-electron chi connectivity index (χ2n) is 9.43. The minimum atomic E-state index is -0.160. The molecule has 1 fully saturated rings. The Morgan fingerprint density at radius 3 is 2.56 bits per heavy atom. The highest BCUT2D eigenvalue weighted by Crippen LogP contribution is 2.25. The van der Waals surface area contributed by atoms with E-state index in [1.165, 1.54) is 17.7 Å². The minimum Gasteiger partial charge on any atom is -0.381 e. The van der Waals surface area contributed by atoms with E-state index in [1.807, 2.05) is 29.2 Å². The van der Waals surface area contributed by atoms with Crippen molar-refractivity contribution in [1.82, 2.24) is 14.4 Å². The highest BCUT2D eigenvalue weighted by atomic mass is 16.5. The van der Waals surface area contributed by atoms with E-state index in [0.717, 1.165) is 56.8 Å². The Bertz CT molecular complexity index is 1110. The quantitative estimate of drug-likeness (QED) is 0.643. The van der Waals surface area contributed by atoms with Crippen molar-refractivity contribution < 1.29 is 19.1 Å². The molecule has 36 heavy (non-hydrogen) atoms. The molecule has 1 aromatic heterocycles. The molecule has 3 heterocycles. The Morgan fingerprint density at radius 1 is 1.03 bits per heavy atom. The van der Waals surface area contributed by atoms with Gasteiger partial charge in [0.2, 0.25) is 5.56 Å². The molecule has 0 unspecified atom stereocenters. The first-order valence-corrected chi connectivity index (χ1v) is 12.6. The number of nitrogens with zero attached hydrogens (tertiary/aromatic N) is 4. The average Bonchev–Trinajstić information content (AvgIpc) is 2.93. The van der Waals surface area contributed by atoms with Gasteiger partial charge >= 0.3 is 0 Å². The van der Waals surface area contributed by atoms with Crippen LogP contribution in [0.1, 0.15) is 35.2 Å². The topological polar surface area (TPSA) is 84.3 Å². The smallest absolute Gasteiger partial charge is 0.255 e. The summed E-state index contributed by atoms with van der Waals surface area (Å²) in [6.07, 6.45) is 4.32. The minimum absolute atomic E-state index is 0.00129. The van der Waals surface area contributed by atoms with Crippen LogP contribution >= 0.6 is 0 Å². The van der Waals surface area contributed by atoms with Crippen LogP contribution < -0.4 is 10.5 Å². The number of carbonyl (C=O) groups is 2. The van der Waals surface area contributed by atoms with Crippen LogP contribution in [0.5, 0.6) is 0 Å². The fourth-order valence-electron chi connectivity index (χ4n) is 5.06. The standard InChI is InChI=1S/C27H36N4O5/c1-28-18-22(8-9-25(28)32)27(34)30-15-14-29(23-10-16-36-17-11-23)12-5-13-31(26(33)20-35-2)24-7-4-3-6-21(24)19-30/h3-4,6-9,18,23H,5,10-17,19-20H2,1-2H3. The van der Waals surface area contributed by atoms with Crippen LogP contribution in [0, 0.1) is 0 Å². The Morgan fingerprint density at radius 2 is 1.81 bits per heavy atom. The largest absolute Gasteiger partial charge is 0.381 e. The van der Waals surface area contributed by atoms with Crippen LogP contribution in [-0.2, 0) is 27.9 Å². The van der Waals surface area contributed by atoms with Gasteiger partial charge in [-0.15, -0.1) is 0 Å². The zero-order valence-electron chi connectivity index (χ0n) is 21.2. The third-order valence-corrected chi connectivity index (χ3v) is 7.02. The molecule has 0 radical (unpaired) electrons. The maximum absolute atomic E-state index is 13.7. The molecule has 0 spiro atoms. The monoisotopic (exact) mass is 496 g/mol. The van der Waals surface area contributed by atoms with Crippen LogP contribution in [-0.4, -0.2) is 85.3 Å². The van der Waals surface area contributed by atoms with Crippen molar-refractivity contribution in [2.75, 3.05) is 58.0 Å². The number of para-hydroxylation sites is 1. The number of hydrogen-bond acceptors (Lipinski definition) is 6. The summed E-state index contributed by atoms with van der Waals surface area (Å²) in [5, 5.41) is 0. The van der Waals surface area contributed by atoms with Crippen molar-refractivity contribution in [3.05, 3.63) is 64.1 Å². The fourth-order valence-corrected chi connectivity index (χ4v) is 5.06. The molecule has 0 atom stereocenters. The zero-order valence-corrected chi connectivity index (χ0v) is 21.2. The predicted octanol–water partition coefficient (Wildman–Crippen LogP) is 1.89. The van der Waals surface area contributed by atoms with Gasteiger partial charge in [0.05, 0.1) is 5.56 Å². The second-order valence-corrected chi connectivity index (χ2v) is 9.43. The number of anilines is 1. The molecule has 2 aliphatic rings. The summed E-state index contributed by atoms with van der Waals surface area (Å²) < 4.78 is 12.2. The van der Waals surface area contributed by atoms with E-state index < -0.39 is 0 Å². The number of aryl methyl sites for hydroxylation is 1. The predicted molar refractivity (Wildman–Crippen MR) is 137 cm³/mol. The molecule has 2 amide bonds. The second kappa shape index (κ2) is 12.3. The van der Waals surface area contributed by atoms with E-state index in [2.05, 4.69) is 4.90 Å². The number of aromatic nitrogens is 1. The lowest BCUT2D eigenvalue weighted by molar-refractivity contribution is -0.122. The highest BCUT2D eigenvalue weighted by Gasteiger charge is 2.27. The van der Waals surface area contributed by atoms with E-state index in [-0.39, 0.29) is 24.0 Å². The van der Waals surface area contributed by atoms with Crippen molar-refractivity contribution >= 4 is 17.5 Å². The summed E-state index contributed by atoms with van der Waals surface area (Å²) in [5.41, 5.74) is 2.01. The van der Waals surface area contributed by atoms with Gasteiger partial charge in [0.1, 0.15) is 6.61 Å². The molecule has 4 rings (SSSR count). The van der Waals surface area contributed by atoms with Gasteiger partial charge in [-0.1, -0.05) is 18.2 Å². The van der Waals surface area contributed by atoms with Gasteiger partial charge in [-0.25, -0.2) is 0 Å². The lowest BCUT2D eigenvalue weighted by atomic mass is 10.1. The maximum Gasteiger partial charge on any atom is 0.255 e. The van der Waals surface area contributed by atoms with E-state index >= 15 is 0 Å². The number of pyridine rings is 1. The lowest BCUT2D eigenvalue weighted by Gasteiger charge is -2.35. The SMILES string of the molecule is COCC(=O)N1CCCN(C2CCOCC2)CCN(C(=O)c2ccc(=O)n(C)c2)Cc2ccccc21. The Kier molecular flexibility index (Phi) is 8.90. The first kappa shape index (κ1) is 26.1. The normalized spacial score (nSPS) is 18.4. The molecule has 2 aromatic rings. The summed E-state index contributed by atoms with van der Waals surface area (Å²) in [7, 11) is 3.17. The number of benzene rings is 1. The highest BCUT2D eigenvalue weighted by molar-refractivity contribution is 5.96. The molecule has 1 saturated heterocycles. The molecule has 2 aliphatic heterocycles. The van der Waals surface area contributed by atoms with E-state index in [4.69, 9.17) is 9.47 Å². The van der Waals surface area contributed by atoms with Gasteiger partial charge < -0.3 is 23.8 Å². The average molecular weight is 497 g/mol. The summed E-state index contributed by atoms with van der Waals surface area (Å²) in [4.78, 5) is 44.7. The third kappa shape index (κ3) is 6.21. The number of methoxy groups -OCH3 is 1. The van der Waals surface area contributed by atoms with Crippen LogP contribution in [0.15, 0.2) is 47.4 Å². The van der Waals surface area contributed by atoms with E-state index in [0.29, 0.717) is 31.2 Å². The Labute approximate surface area is 212 Å². The summed E-state index contributed by atoms with van der Waals surface area (Å²) in [5.74, 6) is -0.237. The summed E-state index contributed by atoms with van der Waals surface area (Å²) in [6, 6.07) is 11.2. The van der Waals surface area contributed by atoms with Gasteiger partial charge in [-0.05, 0) is 37.0 Å². The number of carbonyl (C=O) groups excluding carboxylic acids is 2. The lowest BCUT2D eigenvalue weighted by Crippen LogP contribution is -2.45. The van der Waals surface area contributed by atoms with Crippen LogP contribution in [0.25, 0.3) is 0 Å². The Hall–Kier alpha value is -3.01. The number of rotatable bonds is 4. The van der Waals surface area contributed by atoms with Gasteiger partial charge in [-0.2, -0.15) is 0 Å². The Balaban J connectivity index is 1.69. The van der Waals surface area contributed by atoms with Crippen molar-refractivity contribution in [3.63, 3.8) is 0 Å². The fraction of sp³-hybridized carbons (Fsp3) is 0.519. The molecule has 194 valence electrons. The van der Waals surface area contributed by atoms with E-state index in [1.54, 1.807) is 24.2 Å².